The second kappa shape index (κ2) is 2.69. The number of hydrogen-bond acceptors (Lipinski definition) is 4. The van der Waals surface area contributed by atoms with Crippen molar-refractivity contribution in [3.63, 3.8) is 0 Å². The summed E-state index contributed by atoms with van der Waals surface area (Å²) in [4.78, 5) is 0. The molecule has 1 heterocycles. The first-order valence-electron chi connectivity index (χ1n) is 3.70. The molecule has 0 radical (unpaired) electrons. The smallest absolute Gasteiger partial charge is 0.312 e. The Kier molecular flexibility index (Phi) is 1.73. The zero-order chi connectivity index (χ0) is 10.3. The number of H-pyrrole nitrogens is 1. The molecular formula is C7H7N3O3S. The van der Waals surface area contributed by atoms with E-state index in [-0.39, 0.29) is 16.1 Å². The van der Waals surface area contributed by atoms with E-state index >= 15 is 0 Å². The van der Waals surface area contributed by atoms with Crippen LogP contribution in [0.2, 0.25) is 0 Å². The lowest BCUT2D eigenvalue weighted by atomic mass is 10.2. The predicted octanol–water partition coefficient (Wildman–Crippen LogP) is 0.392. The SMILES string of the molecule is Nc1cccc2n[nH]c(S(=O)(=O)O)c12. The molecule has 14 heavy (non-hydrogen) atoms. The van der Waals surface area contributed by atoms with Crippen LogP contribution in [0.15, 0.2) is 23.2 Å². The Hall–Kier alpha value is -1.60. The van der Waals surface area contributed by atoms with Gasteiger partial charge in [-0.3, -0.25) is 9.65 Å². The fourth-order valence-corrected chi connectivity index (χ4v) is 1.89. The fraction of sp³-hybridized carbons (Fsp3) is 0. The molecule has 6 nitrogen and oxygen atoms in total. The topological polar surface area (TPSA) is 109 Å². The van der Waals surface area contributed by atoms with E-state index in [1.165, 1.54) is 6.07 Å². The van der Waals surface area contributed by atoms with Gasteiger partial charge in [0.2, 0.25) is 0 Å². The predicted molar refractivity (Wildman–Crippen MR) is 50.3 cm³/mol. The number of benzene rings is 1. The van der Waals surface area contributed by atoms with E-state index < -0.39 is 10.1 Å². The van der Waals surface area contributed by atoms with Gasteiger partial charge in [0.1, 0.15) is 0 Å². The Morgan fingerprint density at radius 2 is 2.14 bits per heavy atom. The first-order valence-corrected chi connectivity index (χ1v) is 5.14. The third-order valence-electron chi connectivity index (χ3n) is 1.84. The van der Waals surface area contributed by atoms with Crippen molar-refractivity contribution in [1.82, 2.24) is 10.2 Å². The third kappa shape index (κ3) is 1.22. The van der Waals surface area contributed by atoms with Crippen molar-refractivity contribution in [1.29, 1.82) is 0 Å². The molecule has 0 atom stereocenters. The van der Waals surface area contributed by atoms with Crippen molar-refractivity contribution in [2.24, 2.45) is 0 Å². The molecule has 0 amide bonds. The Morgan fingerprint density at radius 1 is 1.43 bits per heavy atom. The number of aromatic nitrogens is 2. The molecule has 1 aromatic carbocycles. The van der Waals surface area contributed by atoms with Crippen LogP contribution in [0.1, 0.15) is 0 Å². The van der Waals surface area contributed by atoms with E-state index in [4.69, 9.17) is 10.3 Å². The monoisotopic (exact) mass is 213 g/mol. The molecule has 7 heteroatoms. The summed E-state index contributed by atoms with van der Waals surface area (Å²) in [6.07, 6.45) is 0. The van der Waals surface area contributed by atoms with Gasteiger partial charge < -0.3 is 5.73 Å². The van der Waals surface area contributed by atoms with Gasteiger partial charge in [-0.2, -0.15) is 13.5 Å². The molecular weight excluding hydrogens is 206 g/mol. The lowest BCUT2D eigenvalue weighted by Crippen LogP contribution is -2.00. The molecule has 2 rings (SSSR count). The molecule has 0 saturated carbocycles. The minimum absolute atomic E-state index is 0.218. The fourth-order valence-electron chi connectivity index (χ4n) is 1.25. The van der Waals surface area contributed by atoms with E-state index in [9.17, 15) is 8.42 Å². The summed E-state index contributed by atoms with van der Waals surface area (Å²) in [5.41, 5.74) is 6.22. The maximum absolute atomic E-state index is 10.9. The molecule has 0 aliphatic carbocycles. The van der Waals surface area contributed by atoms with Crippen molar-refractivity contribution in [2.45, 2.75) is 5.03 Å². The van der Waals surface area contributed by atoms with Gasteiger partial charge in [-0.25, -0.2) is 0 Å². The molecule has 1 aromatic heterocycles. The van der Waals surface area contributed by atoms with E-state index in [2.05, 4.69) is 10.2 Å². The Labute approximate surface area is 79.5 Å². The van der Waals surface area contributed by atoms with Crippen LogP contribution in [0.25, 0.3) is 10.9 Å². The van der Waals surface area contributed by atoms with Crippen LogP contribution in [0.5, 0.6) is 0 Å². The van der Waals surface area contributed by atoms with Crippen LogP contribution in [0.3, 0.4) is 0 Å². The number of fused-ring (bicyclic) bond motifs is 1. The largest absolute Gasteiger partial charge is 0.398 e. The minimum Gasteiger partial charge on any atom is -0.398 e. The van der Waals surface area contributed by atoms with Crippen LogP contribution in [0.4, 0.5) is 5.69 Å². The second-order valence-electron chi connectivity index (χ2n) is 2.77. The van der Waals surface area contributed by atoms with Gasteiger partial charge in [0.15, 0.2) is 5.03 Å². The maximum Gasteiger partial charge on any atom is 0.312 e. The summed E-state index contributed by atoms with van der Waals surface area (Å²) in [5.74, 6) is 0. The Morgan fingerprint density at radius 3 is 2.79 bits per heavy atom. The zero-order valence-electron chi connectivity index (χ0n) is 6.93. The first kappa shape index (κ1) is 8.97. The van der Waals surface area contributed by atoms with Crippen molar-refractivity contribution in [3.8, 4) is 0 Å². The number of anilines is 1. The van der Waals surface area contributed by atoms with Gasteiger partial charge in [0, 0.05) is 5.69 Å². The molecule has 0 spiro atoms. The lowest BCUT2D eigenvalue weighted by molar-refractivity contribution is 0.480. The van der Waals surface area contributed by atoms with Gasteiger partial charge in [0.25, 0.3) is 0 Å². The van der Waals surface area contributed by atoms with Crippen LogP contribution in [0, 0.1) is 0 Å². The lowest BCUT2D eigenvalue weighted by Gasteiger charge is -1.96. The van der Waals surface area contributed by atoms with Crippen LogP contribution < -0.4 is 5.73 Å². The highest BCUT2D eigenvalue weighted by atomic mass is 32.2. The van der Waals surface area contributed by atoms with Crippen LogP contribution in [-0.2, 0) is 10.1 Å². The molecule has 0 fully saturated rings. The first-order chi connectivity index (χ1) is 6.50. The van der Waals surface area contributed by atoms with Gasteiger partial charge in [0.05, 0.1) is 10.9 Å². The second-order valence-corrected chi connectivity index (χ2v) is 4.13. The average molecular weight is 213 g/mol. The molecule has 0 aliphatic rings. The quantitative estimate of drug-likeness (QED) is 0.469. The summed E-state index contributed by atoms with van der Waals surface area (Å²) in [6, 6.07) is 4.77. The summed E-state index contributed by atoms with van der Waals surface area (Å²) in [6.45, 7) is 0. The number of nitrogens with one attached hydrogen (secondary N) is 1. The van der Waals surface area contributed by atoms with Gasteiger partial charge in [-0.1, -0.05) is 6.07 Å². The molecule has 0 bridgehead atoms. The standard InChI is InChI=1S/C7H7N3O3S/c8-4-2-1-3-5-6(4)7(10-9-5)14(11,12)13/h1-3H,8H2,(H,9,10)(H,11,12,13). The highest BCUT2D eigenvalue weighted by molar-refractivity contribution is 7.86. The van der Waals surface area contributed by atoms with Crippen molar-refractivity contribution in [3.05, 3.63) is 18.2 Å². The number of nitrogens with two attached hydrogens (primary N) is 1. The van der Waals surface area contributed by atoms with E-state index in [0.29, 0.717) is 5.52 Å². The summed E-state index contributed by atoms with van der Waals surface area (Å²) in [7, 11) is -4.31. The van der Waals surface area contributed by atoms with Gasteiger partial charge in [-0.05, 0) is 12.1 Å². The van der Waals surface area contributed by atoms with Crippen LogP contribution in [-0.4, -0.2) is 23.2 Å². The van der Waals surface area contributed by atoms with E-state index in [1.54, 1.807) is 12.1 Å². The highest BCUT2D eigenvalue weighted by Crippen LogP contribution is 2.25. The number of hydrogen-bond donors (Lipinski definition) is 3. The van der Waals surface area contributed by atoms with Crippen molar-refractivity contribution in [2.75, 3.05) is 5.73 Å². The van der Waals surface area contributed by atoms with Gasteiger partial charge >= 0.3 is 10.1 Å². The Balaban J connectivity index is 2.94. The number of aromatic amines is 1. The molecule has 4 N–H and O–H groups in total. The van der Waals surface area contributed by atoms with Crippen molar-refractivity contribution < 1.29 is 13.0 Å². The number of nitrogens with zero attached hydrogens (tertiary/aromatic N) is 1. The Bertz CT molecular complexity index is 587. The third-order valence-corrected chi connectivity index (χ3v) is 2.65. The minimum atomic E-state index is -4.31. The zero-order valence-corrected chi connectivity index (χ0v) is 7.75. The summed E-state index contributed by atoms with van der Waals surface area (Å²) < 4.78 is 30.6. The summed E-state index contributed by atoms with van der Waals surface area (Å²) >= 11 is 0. The average Bonchev–Trinajstić information content (AvgIpc) is 2.47. The van der Waals surface area contributed by atoms with E-state index in [1.807, 2.05) is 0 Å². The molecule has 0 aliphatic heterocycles. The molecule has 2 aromatic rings. The molecule has 0 unspecified atom stereocenters. The summed E-state index contributed by atoms with van der Waals surface area (Å²) in [5, 5.41) is 5.78. The van der Waals surface area contributed by atoms with Crippen molar-refractivity contribution >= 4 is 26.7 Å². The maximum atomic E-state index is 10.9. The number of nitrogen functional groups attached to an aromatic ring is 1. The molecule has 74 valence electrons. The normalized spacial score (nSPS) is 12.1. The highest BCUT2D eigenvalue weighted by Gasteiger charge is 2.18. The molecule has 0 saturated heterocycles. The van der Waals surface area contributed by atoms with Gasteiger partial charge in [-0.15, -0.1) is 0 Å². The van der Waals surface area contributed by atoms with E-state index in [0.717, 1.165) is 0 Å². The van der Waals surface area contributed by atoms with Crippen LogP contribution >= 0.6 is 0 Å². The number of rotatable bonds is 1.